The second-order valence-corrected chi connectivity index (χ2v) is 7.24. The van der Waals surface area contributed by atoms with Gasteiger partial charge in [-0.05, 0) is 44.4 Å². The Hall–Kier alpha value is -2.82. The Kier molecular flexibility index (Phi) is 9.22. The topological polar surface area (TPSA) is 58.6 Å². The lowest BCUT2D eigenvalue weighted by Gasteiger charge is -2.29. The van der Waals surface area contributed by atoms with Gasteiger partial charge in [0.05, 0.1) is 6.61 Å². The number of nitrogens with zero attached hydrogens (tertiary/aromatic N) is 1. The Morgan fingerprint density at radius 3 is 2.41 bits per heavy atom. The number of hydrogen-bond donors (Lipinski definition) is 1. The zero-order chi connectivity index (χ0) is 21.1. The number of aryl methyl sites for hydroxylation is 1. The first-order valence-electron chi connectivity index (χ1n) is 10.3. The van der Waals surface area contributed by atoms with Crippen LogP contribution in [0, 0.1) is 6.92 Å². The van der Waals surface area contributed by atoms with Crippen molar-refractivity contribution in [3.63, 3.8) is 0 Å². The van der Waals surface area contributed by atoms with Crippen LogP contribution in [0.25, 0.3) is 0 Å². The van der Waals surface area contributed by atoms with Crippen LogP contribution >= 0.6 is 0 Å². The van der Waals surface area contributed by atoms with E-state index in [0.717, 1.165) is 17.7 Å². The SMILES string of the molecule is CCCNC(=O)C(C)N(Cc1ccccc1)C(=O)CCCOc1ccc(C)cc1. The maximum atomic E-state index is 12.9. The molecule has 2 aromatic rings. The molecule has 0 spiro atoms. The second kappa shape index (κ2) is 11.9. The smallest absolute Gasteiger partial charge is 0.242 e. The van der Waals surface area contributed by atoms with Crippen molar-refractivity contribution < 1.29 is 14.3 Å². The second-order valence-electron chi connectivity index (χ2n) is 7.24. The minimum atomic E-state index is -0.521. The number of hydrogen-bond acceptors (Lipinski definition) is 3. The van der Waals surface area contributed by atoms with E-state index in [4.69, 9.17) is 4.74 Å². The Bertz CT molecular complexity index is 759. The molecule has 0 aliphatic rings. The molecule has 0 aliphatic carbocycles. The summed E-state index contributed by atoms with van der Waals surface area (Å²) in [6.07, 6.45) is 1.80. The third-order valence-corrected chi connectivity index (χ3v) is 4.74. The number of nitrogens with one attached hydrogen (secondary N) is 1. The number of benzene rings is 2. The van der Waals surface area contributed by atoms with Crippen LogP contribution in [0.15, 0.2) is 54.6 Å². The van der Waals surface area contributed by atoms with Crippen LogP contribution in [0.5, 0.6) is 5.75 Å². The molecule has 0 saturated carbocycles. The van der Waals surface area contributed by atoms with E-state index in [2.05, 4.69) is 5.32 Å². The summed E-state index contributed by atoms with van der Waals surface area (Å²) in [6, 6.07) is 17.1. The lowest BCUT2D eigenvalue weighted by atomic mass is 10.1. The molecular weight excluding hydrogens is 364 g/mol. The molecule has 1 N–H and O–H groups in total. The lowest BCUT2D eigenvalue weighted by molar-refractivity contribution is -0.140. The van der Waals surface area contributed by atoms with E-state index >= 15 is 0 Å². The summed E-state index contributed by atoms with van der Waals surface area (Å²) >= 11 is 0. The first kappa shape index (κ1) is 22.5. The largest absolute Gasteiger partial charge is 0.494 e. The molecule has 2 rings (SSSR count). The molecule has 0 aliphatic heterocycles. The summed E-state index contributed by atoms with van der Waals surface area (Å²) < 4.78 is 5.72. The van der Waals surface area contributed by atoms with E-state index < -0.39 is 6.04 Å². The van der Waals surface area contributed by atoms with Gasteiger partial charge in [0.1, 0.15) is 11.8 Å². The van der Waals surface area contributed by atoms with Crippen LogP contribution in [-0.2, 0) is 16.1 Å². The summed E-state index contributed by atoms with van der Waals surface area (Å²) in [5.74, 6) is 0.643. The molecule has 0 saturated heterocycles. The molecule has 0 aromatic heterocycles. The molecule has 0 radical (unpaired) electrons. The predicted octanol–water partition coefficient (Wildman–Crippen LogP) is 4.10. The minimum Gasteiger partial charge on any atom is -0.494 e. The molecule has 156 valence electrons. The first-order chi connectivity index (χ1) is 14.0. The number of ether oxygens (including phenoxy) is 1. The number of carbonyl (C=O) groups excluding carboxylic acids is 2. The summed E-state index contributed by atoms with van der Waals surface area (Å²) in [6.45, 7) is 7.31. The molecule has 2 amide bonds. The van der Waals surface area contributed by atoms with E-state index in [-0.39, 0.29) is 11.8 Å². The van der Waals surface area contributed by atoms with Crippen molar-refractivity contribution in [1.29, 1.82) is 0 Å². The van der Waals surface area contributed by atoms with Crippen molar-refractivity contribution in [3.05, 3.63) is 65.7 Å². The molecule has 2 aromatic carbocycles. The zero-order valence-corrected chi connectivity index (χ0v) is 17.7. The van der Waals surface area contributed by atoms with Gasteiger partial charge in [-0.2, -0.15) is 0 Å². The summed E-state index contributed by atoms with van der Waals surface area (Å²) in [5.41, 5.74) is 2.19. The fraction of sp³-hybridized carbons (Fsp3) is 0.417. The summed E-state index contributed by atoms with van der Waals surface area (Å²) in [5, 5.41) is 2.89. The molecule has 0 heterocycles. The van der Waals surface area contributed by atoms with Gasteiger partial charge in [0.15, 0.2) is 0 Å². The van der Waals surface area contributed by atoms with Crippen molar-refractivity contribution in [1.82, 2.24) is 10.2 Å². The molecule has 29 heavy (non-hydrogen) atoms. The molecule has 0 fully saturated rings. The summed E-state index contributed by atoms with van der Waals surface area (Å²) in [4.78, 5) is 27.0. The van der Waals surface area contributed by atoms with E-state index in [1.165, 1.54) is 5.56 Å². The van der Waals surface area contributed by atoms with Gasteiger partial charge in [-0.15, -0.1) is 0 Å². The van der Waals surface area contributed by atoms with E-state index in [1.54, 1.807) is 11.8 Å². The van der Waals surface area contributed by atoms with Gasteiger partial charge < -0.3 is 15.0 Å². The van der Waals surface area contributed by atoms with Gasteiger partial charge in [0.25, 0.3) is 0 Å². The van der Waals surface area contributed by atoms with E-state index in [1.807, 2.05) is 68.4 Å². The summed E-state index contributed by atoms with van der Waals surface area (Å²) in [7, 11) is 0. The van der Waals surface area contributed by atoms with Crippen LogP contribution in [-0.4, -0.2) is 35.9 Å². The molecule has 1 atom stereocenters. The van der Waals surface area contributed by atoms with Gasteiger partial charge in [-0.3, -0.25) is 9.59 Å². The van der Waals surface area contributed by atoms with Crippen molar-refractivity contribution >= 4 is 11.8 Å². The average Bonchev–Trinajstić information content (AvgIpc) is 2.74. The van der Waals surface area contributed by atoms with Crippen molar-refractivity contribution in [2.45, 2.75) is 52.6 Å². The molecule has 5 nitrogen and oxygen atoms in total. The van der Waals surface area contributed by atoms with E-state index in [9.17, 15) is 9.59 Å². The first-order valence-corrected chi connectivity index (χ1v) is 10.3. The number of amides is 2. The van der Waals surface area contributed by atoms with Gasteiger partial charge in [-0.1, -0.05) is 55.0 Å². The van der Waals surface area contributed by atoms with Gasteiger partial charge in [0, 0.05) is 19.5 Å². The van der Waals surface area contributed by atoms with Crippen LogP contribution in [0.4, 0.5) is 0 Å². The van der Waals surface area contributed by atoms with Crippen LogP contribution < -0.4 is 10.1 Å². The Morgan fingerprint density at radius 1 is 1.07 bits per heavy atom. The normalized spacial score (nSPS) is 11.6. The standard InChI is InChI=1S/C24H32N2O3/c1-4-16-25-24(28)20(3)26(18-21-9-6-5-7-10-21)23(27)11-8-17-29-22-14-12-19(2)13-15-22/h5-7,9-10,12-15,20H,4,8,11,16-18H2,1-3H3,(H,25,28). The van der Waals surface area contributed by atoms with Crippen molar-refractivity contribution in [3.8, 4) is 5.75 Å². The third kappa shape index (κ3) is 7.60. The third-order valence-electron chi connectivity index (χ3n) is 4.74. The Labute approximate surface area is 174 Å². The van der Waals surface area contributed by atoms with Crippen molar-refractivity contribution in [2.24, 2.45) is 0 Å². The van der Waals surface area contributed by atoms with Crippen molar-refractivity contribution in [2.75, 3.05) is 13.2 Å². The Morgan fingerprint density at radius 2 is 1.76 bits per heavy atom. The highest BCUT2D eigenvalue weighted by molar-refractivity contribution is 5.87. The van der Waals surface area contributed by atoms with Crippen LogP contribution in [0.2, 0.25) is 0 Å². The molecule has 1 unspecified atom stereocenters. The maximum Gasteiger partial charge on any atom is 0.242 e. The minimum absolute atomic E-state index is 0.0412. The molecular formula is C24H32N2O3. The van der Waals surface area contributed by atoms with Gasteiger partial charge in [0.2, 0.25) is 11.8 Å². The monoisotopic (exact) mass is 396 g/mol. The highest BCUT2D eigenvalue weighted by Crippen LogP contribution is 2.14. The average molecular weight is 397 g/mol. The maximum absolute atomic E-state index is 12.9. The van der Waals surface area contributed by atoms with Crippen LogP contribution in [0.3, 0.4) is 0 Å². The highest BCUT2D eigenvalue weighted by Gasteiger charge is 2.25. The van der Waals surface area contributed by atoms with Crippen LogP contribution in [0.1, 0.15) is 44.2 Å². The highest BCUT2D eigenvalue weighted by atomic mass is 16.5. The fourth-order valence-corrected chi connectivity index (χ4v) is 2.95. The molecule has 0 bridgehead atoms. The predicted molar refractivity (Wildman–Crippen MR) is 116 cm³/mol. The number of carbonyl (C=O) groups is 2. The Balaban J connectivity index is 1.93. The van der Waals surface area contributed by atoms with Gasteiger partial charge >= 0.3 is 0 Å². The lowest BCUT2D eigenvalue weighted by Crippen LogP contribution is -2.47. The van der Waals surface area contributed by atoms with E-state index in [0.29, 0.717) is 32.5 Å². The van der Waals surface area contributed by atoms with Gasteiger partial charge in [-0.25, -0.2) is 0 Å². The molecule has 5 heteroatoms. The fourth-order valence-electron chi connectivity index (χ4n) is 2.95. The zero-order valence-electron chi connectivity index (χ0n) is 17.7. The number of rotatable bonds is 11. The quantitative estimate of drug-likeness (QED) is 0.582.